The molecule has 0 aliphatic heterocycles. The van der Waals surface area contributed by atoms with Gasteiger partial charge in [0.25, 0.3) is 5.56 Å². The van der Waals surface area contributed by atoms with Crippen molar-refractivity contribution in [3.05, 3.63) is 52.5 Å². The van der Waals surface area contributed by atoms with Crippen molar-refractivity contribution in [1.29, 1.82) is 5.26 Å². The lowest BCUT2D eigenvalue weighted by atomic mass is 10.2. The molecule has 2 heterocycles. The molecule has 2 aromatic rings. The van der Waals surface area contributed by atoms with Crippen LogP contribution in [0.3, 0.4) is 0 Å². The summed E-state index contributed by atoms with van der Waals surface area (Å²) in [6, 6.07) is 5.25. The summed E-state index contributed by atoms with van der Waals surface area (Å²) in [6.45, 7) is 3.06. The van der Waals surface area contributed by atoms with E-state index in [9.17, 15) is 4.79 Å². The van der Waals surface area contributed by atoms with Gasteiger partial charge in [-0.3, -0.25) is 4.79 Å². The number of hydrogen-bond acceptors (Lipinski definition) is 3. The van der Waals surface area contributed by atoms with E-state index in [4.69, 9.17) is 5.26 Å². The maximum atomic E-state index is 11.9. The first-order valence-corrected chi connectivity index (χ1v) is 5.28. The van der Waals surface area contributed by atoms with E-state index in [0.717, 1.165) is 5.69 Å². The predicted molar refractivity (Wildman–Crippen MR) is 62.4 cm³/mol. The number of aryl methyl sites for hydroxylation is 2. The highest BCUT2D eigenvalue weighted by atomic mass is 16.1. The molecule has 0 spiro atoms. The molecule has 0 aromatic carbocycles. The molecule has 0 N–H and O–H groups in total. The van der Waals surface area contributed by atoms with E-state index in [0.29, 0.717) is 13.1 Å². The van der Waals surface area contributed by atoms with Gasteiger partial charge in [-0.05, 0) is 19.1 Å². The average Bonchev–Trinajstić information content (AvgIpc) is 2.82. The Hall–Kier alpha value is -2.35. The van der Waals surface area contributed by atoms with E-state index in [1.807, 2.05) is 23.8 Å². The number of imidazole rings is 1. The fourth-order valence-corrected chi connectivity index (χ4v) is 1.67. The van der Waals surface area contributed by atoms with Gasteiger partial charge < -0.3 is 9.13 Å². The molecule has 17 heavy (non-hydrogen) atoms. The van der Waals surface area contributed by atoms with Gasteiger partial charge in [0.2, 0.25) is 0 Å². The second-order valence-electron chi connectivity index (χ2n) is 3.76. The largest absolute Gasteiger partial charge is 0.336 e. The molecule has 0 aliphatic carbocycles. The van der Waals surface area contributed by atoms with Gasteiger partial charge >= 0.3 is 0 Å². The molecule has 2 rings (SSSR count). The number of hydrogen-bond donors (Lipinski definition) is 0. The van der Waals surface area contributed by atoms with Gasteiger partial charge in [-0.25, -0.2) is 4.98 Å². The summed E-state index contributed by atoms with van der Waals surface area (Å²) in [6.07, 6.45) is 5.24. The van der Waals surface area contributed by atoms with E-state index < -0.39 is 0 Å². The fraction of sp³-hybridized carbons (Fsp3) is 0.250. The van der Waals surface area contributed by atoms with Crippen LogP contribution in [-0.4, -0.2) is 14.1 Å². The number of nitriles is 1. The molecule has 0 bridgehead atoms. The third kappa shape index (κ3) is 2.26. The minimum absolute atomic E-state index is 0.182. The summed E-state index contributed by atoms with van der Waals surface area (Å²) in [5.41, 5.74) is 0.808. The van der Waals surface area contributed by atoms with Crippen molar-refractivity contribution in [2.24, 2.45) is 0 Å². The Morgan fingerprint density at radius 2 is 2.24 bits per heavy atom. The van der Waals surface area contributed by atoms with Crippen molar-refractivity contribution < 1.29 is 0 Å². The first-order valence-electron chi connectivity index (χ1n) is 5.28. The standard InChI is InChI=1S/C12H12N4O/c1-10-2-3-11(8-13)12(17)16(10)7-6-15-5-4-14-9-15/h2-5,9H,6-7H2,1H3. The van der Waals surface area contributed by atoms with Crippen molar-refractivity contribution in [3.8, 4) is 6.07 Å². The van der Waals surface area contributed by atoms with Crippen LogP contribution in [0.1, 0.15) is 11.3 Å². The van der Waals surface area contributed by atoms with Crippen LogP contribution in [0.15, 0.2) is 35.6 Å². The summed E-state index contributed by atoms with van der Waals surface area (Å²) in [7, 11) is 0. The third-order valence-electron chi connectivity index (χ3n) is 2.65. The topological polar surface area (TPSA) is 63.6 Å². The Morgan fingerprint density at radius 3 is 2.88 bits per heavy atom. The first kappa shape index (κ1) is 11.1. The second kappa shape index (κ2) is 4.66. The van der Waals surface area contributed by atoms with Crippen molar-refractivity contribution in [2.45, 2.75) is 20.0 Å². The zero-order valence-electron chi connectivity index (χ0n) is 9.50. The molecular formula is C12H12N4O. The molecule has 2 aromatic heterocycles. The molecule has 0 radical (unpaired) electrons. The van der Waals surface area contributed by atoms with Gasteiger partial charge in [0.05, 0.1) is 6.33 Å². The van der Waals surface area contributed by atoms with Gasteiger partial charge in [-0.15, -0.1) is 0 Å². The van der Waals surface area contributed by atoms with E-state index >= 15 is 0 Å². The van der Waals surface area contributed by atoms with Crippen molar-refractivity contribution >= 4 is 0 Å². The quantitative estimate of drug-likeness (QED) is 0.784. The molecule has 0 atom stereocenters. The van der Waals surface area contributed by atoms with Crippen LogP contribution in [0.2, 0.25) is 0 Å². The minimum atomic E-state index is -0.229. The molecule has 0 aliphatic rings. The maximum Gasteiger partial charge on any atom is 0.268 e. The van der Waals surface area contributed by atoms with E-state index in [2.05, 4.69) is 4.98 Å². The molecule has 86 valence electrons. The molecular weight excluding hydrogens is 216 g/mol. The normalized spacial score (nSPS) is 10.1. The van der Waals surface area contributed by atoms with Gasteiger partial charge in [0.15, 0.2) is 0 Å². The summed E-state index contributed by atoms with van der Waals surface area (Å²) in [5, 5.41) is 8.81. The molecule has 0 unspecified atom stereocenters. The minimum Gasteiger partial charge on any atom is -0.336 e. The lowest BCUT2D eigenvalue weighted by Gasteiger charge is -2.10. The summed E-state index contributed by atoms with van der Waals surface area (Å²) in [5.74, 6) is 0. The molecule has 5 heteroatoms. The summed E-state index contributed by atoms with van der Waals surface area (Å²) >= 11 is 0. The maximum absolute atomic E-state index is 11.9. The number of pyridine rings is 1. The van der Waals surface area contributed by atoms with Gasteiger partial charge in [-0.2, -0.15) is 5.26 Å². The SMILES string of the molecule is Cc1ccc(C#N)c(=O)n1CCn1ccnc1. The highest BCUT2D eigenvalue weighted by Crippen LogP contribution is 1.99. The number of nitrogens with zero attached hydrogens (tertiary/aromatic N) is 4. The first-order chi connectivity index (χ1) is 8.22. The zero-order valence-corrected chi connectivity index (χ0v) is 9.50. The number of rotatable bonds is 3. The second-order valence-corrected chi connectivity index (χ2v) is 3.76. The Bertz CT molecular complexity index is 604. The van der Waals surface area contributed by atoms with Crippen LogP contribution in [-0.2, 0) is 13.1 Å². The summed E-state index contributed by atoms with van der Waals surface area (Å²) < 4.78 is 3.50. The summed E-state index contributed by atoms with van der Waals surface area (Å²) in [4.78, 5) is 15.8. The molecule has 0 amide bonds. The fourth-order valence-electron chi connectivity index (χ4n) is 1.67. The van der Waals surface area contributed by atoms with E-state index in [1.165, 1.54) is 0 Å². The zero-order chi connectivity index (χ0) is 12.3. The van der Waals surface area contributed by atoms with Gasteiger partial charge in [0, 0.05) is 31.2 Å². The van der Waals surface area contributed by atoms with Crippen LogP contribution in [0, 0.1) is 18.3 Å². The number of aromatic nitrogens is 3. The Kier molecular flexibility index (Phi) is 3.06. The van der Waals surface area contributed by atoms with Gasteiger partial charge in [-0.1, -0.05) is 0 Å². The van der Waals surface area contributed by atoms with E-state index in [-0.39, 0.29) is 11.1 Å². The van der Waals surface area contributed by atoms with Crippen LogP contribution in [0.25, 0.3) is 0 Å². The predicted octanol–water partition coefficient (Wildman–Crippen LogP) is 0.925. The lowest BCUT2D eigenvalue weighted by molar-refractivity contribution is 0.554. The molecule has 0 saturated carbocycles. The molecule has 0 fully saturated rings. The highest BCUT2D eigenvalue weighted by Gasteiger charge is 2.05. The van der Waals surface area contributed by atoms with Gasteiger partial charge in [0.1, 0.15) is 11.6 Å². The van der Waals surface area contributed by atoms with Crippen molar-refractivity contribution in [1.82, 2.24) is 14.1 Å². The van der Waals surface area contributed by atoms with E-state index in [1.54, 1.807) is 29.2 Å². The molecule has 5 nitrogen and oxygen atoms in total. The Morgan fingerprint density at radius 1 is 1.41 bits per heavy atom. The Balaban J connectivity index is 2.27. The van der Waals surface area contributed by atoms with Crippen LogP contribution >= 0.6 is 0 Å². The lowest BCUT2D eigenvalue weighted by Crippen LogP contribution is -2.26. The van der Waals surface area contributed by atoms with Crippen molar-refractivity contribution in [2.75, 3.05) is 0 Å². The van der Waals surface area contributed by atoms with Crippen LogP contribution < -0.4 is 5.56 Å². The third-order valence-corrected chi connectivity index (χ3v) is 2.65. The highest BCUT2D eigenvalue weighted by molar-refractivity contribution is 5.27. The van der Waals surface area contributed by atoms with Crippen LogP contribution in [0.5, 0.6) is 0 Å². The smallest absolute Gasteiger partial charge is 0.268 e. The molecule has 0 saturated heterocycles. The average molecular weight is 228 g/mol. The van der Waals surface area contributed by atoms with Crippen molar-refractivity contribution in [3.63, 3.8) is 0 Å². The van der Waals surface area contributed by atoms with Crippen LogP contribution in [0.4, 0.5) is 0 Å². The monoisotopic (exact) mass is 228 g/mol. The Labute approximate surface area is 98.6 Å².